The van der Waals surface area contributed by atoms with Crippen LogP contribution in [-0.4, -0.2) is 15.8 Å². The molecule has 10 heavy (non-hydrogen) atoms. The summed E-state index contributed by atoms with van der Waals surface area (Å²) in [7, 11) is 0. The van der Waals surface area contributed by atoms with E-state index >= 15 is 0 Å². The lowest BCUT2D eigenvalue weighted by molar-refractivity contribution is 0.597. The predicted octanol–water partition coefficient (Wildman–Crippen LogP) is 1.58. The van der Waals surface area contributed by atoms with Crippen molar-refractivity contribution in [3.8, 4) is 0 Å². The summed E-state index contributed by atoms with van der Waals surface area (Å²) in [6, 6.07) is 3.55. The third-order valence-corrected chi connectivity index (χ3v) is 2.30. The minimum atomic E-state index is -0.980. The molecule has 0 aromatic carbocycles. The van der Waals surface area contributed by atoms with Crippen molar-refractivity contribution >= 4 is 27.1 Å². The lowest BCUT2D eigenvalue weighted by Gasteiger charge is -2.01. The third kappa shape index (κ3) is 1.97. The molecule has 1 rings (SSSR count). The van der Waals surface area contributed by atoms with Gasteiger partial charge in [0.05, 0.1) is 0 Å². The normalized spacial score (nSPS) is 13.1. The first-order valence-corrected chi connectivity index (χ1v) is 5.00. The number of hydrogen-bond donors (Lipinski definition) is 0. The molecule has 0 amide bonds. The molecule has 1 atom stereocenters. The van der Waals surface area contributed by atoms with E-state index in [1.807, 2.05) is 0 Å². The van der Waals surface area contributed by atoms with Gasteiger partial charge in [0.15, 0.2) is 0 Å². The highest BCUT2D eigenvalue weighted by atomic mass is 79.9. The topological polar surface area (TPSA) is 36.0 Å². The van der Waals surface area contributed by atoms with Crippen LogP contribution in [0.5, 0.6) is 0 Å². The van der Waals surface area contributed by atoms with Crippen LogP contribution in [0, 0.1) is 0 Å². The second kappa shape index (κ2) is 3.37. The second-order valence-corrected chi connectivity index (χ2v) is 4.01. The molecule has 54 valence electrons. The molecular weight excluding hydrogens is 214 g/mol. The molecule has 0 spiro atoms. The molecule has 0 N–H and O–H groups in total. The summed E-state index contributed by atoms with van der Waals surface area (Å²) in [5.74, 6) is 0. The van der Waals surface area contributed by atoms with Crippen molar-refractivity contribution in [3.05, 3.63) is 22.8 Å². The van der Waals surface area contributed by atoms with Crippen LogP contribution in [0.1, 0.15) is 0 Å². The fourth-order valence-corrected chi connectivity index (χ4v) is 1.53. The predicted molar refractivity (Wildman–Crippen MR) is 44.3 cm³/mol. The molecule has 0 saturated carbocycles. The van der Waals surface area contributed by atoms with Gasteiger partial charge in [-0.25, -0.2) is 4.98 Å². The number of pyridine rings is 1. The van der Waals surface area contributed by atoms with Crippen LogP contribution in [0.15, 0.2) is 27.8 Å². The van der Waals surface area contributed by atoms with E-state index in [2.05, 4.69) is 20.9 Å². The minimum absolute atomic E-state index is 0.606. The first-order valence-electron chi connectivity index (χ1n) is 2.65. The van der Waals surface area contributed by atoms with E-state index in [4.69, 9.17) is 0 Å². The standard InChI is InChI=1S/C6H6BrNOS/c1-10(9)6-4-5(7)2-3-8-6/h2-4H,1H3. The number of hydrogen-bond acceptors (Lipinski definition) is 2. The molecule has 1 unspecified atom stereocenters. The number of nitrogens with zero attached hydrogens (tertiary/aromatic N) is 1. The summed E-state index contributed by atoms with van der Waals surface area (Å²) in [6.45, 7) is 0. The Kier molecular flexibility index (Phi) is 2.71. The van der Waals surface area contributed by atoms with Gasteiger partial charge in [-0.1, -0.05) is 15.9 Å². The zero-order valence-electron chi connectivity index (χ0n) is 5.37. The maximum atomic E-state index is 10.8. The second-order valence-electron chi connectivity index (χ2n) is 1.77. The molecule has 1 aromatic heterocycles. The van der Waals surface area contributed by atoms with Crippen LogP contribution < -0.4 is 0 Å². The molecule has 0 aliphatic rings. The third-order valence-electron chi connectivity index (χ3n) is 0.991. The van der Waals surface area contributed by atoms with Crippen LogP contribution in [-0.2, 0) is 11.2 Å². The van der Waals surface area contributed by atoms with E-state index in [-0.39, 0.29) is 0 Å². The van der Waals surface area contributed by atoms with Gasteiger partial charge in [0, 0.05) is 27.9 Å². The van der Waals surface area contributed by atoms with E-state index in [1.54, 1.807) is 24.6 Å². The number of halogens is 1. The van der Waals surface area contributed by atoms with E-state index in [1.165, 1.54) is 0 Å². The monoisotopic (exact) mass is 219 g/mol. The molecule has 1 heterocycles. The molecule has 0 aliphatic carbocycles. The Balaban J connectivity index is 2.96. The first-order chi connectivity index (χ1) is 4.70. The van der Waals surface area contributed by atoms with Crippen LogP contribution in [0.4, 0.5) is 0 Å². The van der Waals surface area contributed by atoms with Crippen molar-refractivity contribution in [1.29, 1.82) is 0 Å². The molecule has 1 aromatic rings. The summed E-state index contributed by atoms with van der Waals surface area (Å²) in [4.78, 5) is 3.91. The number of aromatic nitrogens is 1. The summed E-state index contributed by atoms with van der Waals surface area (Å²) in [6.07, 6.45) is 3.23. The maximum Gasteiger partial charge on any atom is 0.245 e. The molecular formula is C6H6BrNOS. The molecule has 2 nitrogen and oxygen atoms in total. The SMILES string of the molecule is C[S+]([O-])c1cc(Br)ccn1. The first kappa shape index (κ1) is 8.04. The van der Waals surface area contributed by atoms with E-state index < -0.39 is 11.2 Å². The Morgan fingerprint density at radius 3 is 2.80 bits per heavy atom. The van der Waals surface area contributed by atoms with Gasteiger partial charge in [-0.05, 0) is 6.07 Å². The van der Waals surface area contributed by atoms with Gasteiger partial charge < -0.3 is 4.55 Å². The smallest absolute Gasteiger partial charge is 0.245 e. The fraction of sp³-hybridized carbons (Fsp3) is 0.167. The van der Waals surface area contributed by atoms with Gasteiger partial charge in [0.1, 0.15) is 6.26 Å². The highest BCUT2D eigenvalue weighted by Gasteiger charge is 2.03. The summed E-state index contributed by atoms with van der Waals surface area (Å²) >= 11 is 2.28. The molecule has 4 heteroatoms. The van der Waals surface area contributed by atoms with Gasteiger partial charge in [-0.15, -0.1) is 0 Å². The van der Waals surface area contributed by atoms with Crippen LogP contribution in [0.2, 0.25) is 0 Å². The molecule has 0 saturated heterocycles. The summed E-state index contributed by atoms with van der Waals surface area (Å²) in [5.41, 5.74) is 0. The minimum Gasteiger partial charge on any atom is -0.610 e. The van der Waals surface area contributed by atoms with Gasteiger partial charge in [0.25, 0.3) is 0 Å². The fourth-order valence-electron chi connectivity index (χ4n) is 0.542. The Hall–Kier alpha value is -0.0600. The lowest BCUT2D eigenvalue weighted by atomic mass is 10.5. The Bertz CT molecular complexity index is 229. The molecule has 0 fully saturated rings. The van der Waals surface area contributed by atoms with Gasteiger partial charge in [-0.2, -0.15) is 0 Å². The van der Waals surface area contributed by atoms with Gasteiger partial charge >= 0.3 is 0 Å². The molecule has 0 aliphatic heterocycles. The van der Waals surface area contributed by atoms with E-state index in [0.717, 1.165) is 4.47 Å². The zero-order valence-corrected chi connectivity index (χ0v) is 7.78. The van der Waals surface area contributed by atoms with Crippen molar-refractivity contribution < 1.29 is 4.55 Å². The Labute approximate surface area is 71.0 Å². The van der Waals surface area contributed by atoms with Crippen LogP contribution >= 0.6 is 15.9 Å². The summed E-state index contributed by atoms with van der Waals surface area (Å²) < 4.78 is 11.7. The molecule has 0 radical (unpaired) electrons. The quantitative estimate of drug-likeness (QED) is 0.673. The molecule has 0 bridgehead atoms. The van der Waals surface area contributed by atoms with E-state index in [9.17, 15) is 4.55 Å². The van der Waals surface area contributed by atoms with Crippen molar-refractivity contribution in [1.82, 2.24) is 4.98 Å². The van der Waals surface area contributed by atoms with Gasteiger partial charge in [0.2, 0.25) is 5.03 Å². The van der Waals surface area contributed by atoms with Crippen molar-refractivity contribution in [2.75, 3.05) is 6.26 Å². The zero-order chi connectivity index (χ0) is 7.56. The van der Waals surface area contributed by atoms with Crippen molar-refractivity contribution in [2.45, 2.75) is 5.03 Å². The Morgan fingerprint density at radius 2 is 2.40 bits per heavy atom. The highest BCUT2D eigenvalue weighted by molar-refractivity contribution is 9.10. The average molecular weight is 220 g/mol. The van der Waals surface area contributed by atoms with Crippen LogP contribution in [0.3, 0.4) is 0 Å². The van der Waals surface area contributed by atoms with Gasteiger partial charge in [-0.3, -0.25) is 0 Å². The van der Waals surface area contributed by atoms with Crippen molar-refractivity contribution in [2.24, 2.45) is 0 Å². The van der Waals surface area contributed by atoms with Crippen LogP contribution in [0.25, 0.3) is 0 Å². The average Bonchev–Trinajstić information content (AvgIpc) is 1.88. The summed E-state index contributed by atoms with van der Waals surface area (Å²) in [5, 5.41) is 0.606. The number of rotatable bonds is 1. The Morgan fingerprint density at radius 1 is 1.70 bits per heavy atom. The highest BCUT2D eigenvalue weighted by Crippen LogP contribution is 2.12. The maximum absolute atomic E-state index is 10.8. The lowest BCUT2D eigenvalue weighted by Crippen LogP contribution is -1.99. The largest absolute Gasteiger partial charge is 0.610 e. The van der Waals surface area contributed by atoms with E-state index in [0.29, 0.717) is 5.03 Å². The van der Waals surface area contributed by atoms with Crippen molar-refractivity contribution in [3.63, 3.8) is 0 Å².